The summed E-state index contributed by atoms with van der Waals surface area (Å²) < 4.78 is 1.83. The fourth-order valence-corrected chi connectivity index (χ4v) is 2.74. The maximum absolute atomic E-state index is 6.19. The molecule has 0 spiro atoms. The number of halogens is 1. The first kappa shape index (κ1) is 17.5. The van der Waals surface area contributed by atoms with Gasteiger partial charge in [0.1, 0.15) is 0 Å². The topological polar surface area (TPSA) is 41.9 Å². The van der Waals surface area contributed by atoms with Gasteiger partial charge in [0.25, 0.3) is 0 Å². The molecule has 3 rings (SSSR count). The second kappa shape index (κ2) is 8.14. The van der Waals surface area contributed by atoms with Gasteiger partial charge < -0.3 is 10.6 Å². The van der Waals surface area contributed by atoms with Crippen LogP contribution in [0.5, 0.6) is 0 Å². The zero-order valence-electron chi connectivity index (χ0n) is 13.9. The summed E-state index contributed by atoms with van der Waals surface area (Å²) in [6.45, 7) is 3.36. The van der Waals surface area contributed by atoms with Crippen molar-refractivity contribution in [3.05, 3.63) is 82.5 Å². The van der Waals surface area contributed by atoms with Crippen LogP contribution in [0.4, 0.5) is 5.82 Å². The highest BCUT2D eigenvalue weighted by Crippen LogP contribution is 2.16. The first-order valence-corrected chi connectivity index (χ1v) is 8.76. The van der Waals surface area contributed by atoms with E-state index in [0.29, 0.717) is 24.0 Å². The van der Waals surface area contributed by atoms with E-state index in [1.54, 1.807) is 0 Å². The fourth-order valence-electron chi connectivity index (χ4n) is 2.37. The average Bonchev–Trinajstić information content (AvgIpc) is 3.03. The van der Waals surface area contributed by atoms with E-state index in [9.17, 15) is 0 Å². The summed E-state index contributed by atoms with van der Waals surface area (Å²) in [7, 11) is 0. The van der Waals surface area contributed by atoms with Crippen LogP contribution >= 0.6 is 23.8 Å². The molecule has 2 N–H and O–H groups in total. The van der Waals surface area contributed by atoms with Gasteiger partial charge >= 0.3 is 0 Å². The predicted molar refractivity (Wildman–Crippen MR) is 107 cm³/mol. The van der Waals surface area contributed by atoms with Crippen LogP contribution in [0.25, 0.3) is 0 Å². The molecule has 128 valence electrons. The fraction of sp³-hybridized carbons (Fsp3) is 0.158. The van der Waals surface area contributed by atoms with Gasteiger partial charge in [-0.1, -0.05) is 59.6 Å². The Morgan fingerprint density at radius 1 is 1.12 bits per heavy atom. The van der Waals surface area contributed by atoms with Crippen LogP contribution < -0.4 is 10.6 Å². The Morgan fingerprint density at radius 2 is 1.88 bits per heavy atom. The summed E-state index contributed by atoms with van der Waals surface area (Å²) in [6, 6.07) is 18.0. The second-order valence-corrected chi connectivity index (χ2v) is 6.60. The van der Waals surface area contributed by atoms with Crippen LogP contribution in [0, 0.1) is 6.92 Å². The van der Waals surface area contributed by atoms with Crippen LogP contribution in [-0.2, 0) is 13.1 Å². The molecule has 0 saturated carbocycles. The number of thiocarbonyl (C=S) groups is 1. The Morgan fingerprint density at radius 3 is 2.64 bits per heavy atom. The van der Waals surface area contributed by atoms with Gasteiger partial charge in [-0.3, -0.25) is 4.68 Å². The van der Waals surface area contributed by atoms with Crippen LogP contribution in [0.1, 0.15) is 16.7 Å². The van der Waals surface area contributed by atoms with E-state index in [0.717, 1.165) is 10.6 Å². The molecule has 1 heterocycles. The summed E-state index contributed by atoms with van der Waals surface area (Å²) in [5.41, 5.74) is 3.45. The summed E-state index contributed by atoms with van der Waals surface area (Å²) in [4.78, 5) is 0. The molecule has 6 heteroatoms. The third kappa shape index (κ3) is 5.05. The first-order valence-electron chi connectivity index (χ1n) is 7.97. The zero-order chi connectivity index (χ0) is 17.6. The highest BCUT2D eigenvalue weighted by Gasteiger charge is 2.04. The number of hydrogen-bond acceptors (Lipinski definition) is 2. The van der Waals surface area contributed by atoms with Crippen molar-refractivity contribution in [2.24, 2.45) is 0 Å². The van der Waals surface area contributed by atoms with Crippen molar-refractivity contribution in [1.82, 2.24) is 15.1 Å². The molecule has 4 nitrogen and oxygen atoms in total. The number of nitrogens with one attached hydrogen (secondary N) is 2. The van der Waals surface area contributed by atoms with Crippen LogP contribution in [0.15, 0.2) is 60.8 Å². The molecular formula is C19H19ClN4S. The van der Waals surface area contributed by atoms with E-state index < -0.39 is 0 Å². The van der Waals surface area contributed by atoms with Crippen molar-refractivity contribution in [2.45, 2.75) is 20.0 Å². The molecule has 25 heavy (non-hydrogen) atoms. The zero-order valence-corrected chi connectivity index (χ0v) is 15.4. The largest absolute Gasteiger partial charge is 0.358 e. The van der Waals surface area contributed by atoms with Crippen molar-refractivity contribution in [3.8, 4) is 0 Å². The summed E-state index contributed by atoms with van der Waals surface area (Å²) >= 11 is 11.5. The minimum absolute atomic E-state index is 0.545. The van der Waals surface area contributed by atoms with E-state index in [-0.39, 0.29) is 0 Å². The van der Waals surface area contributed by atoms with Crippen molar-refractivity contribution in [3.63, 3.8) is 0 Å². The van der Waals surface area contributed by atoms with Gasteiger partial charge in [0.2, 0.25) is 0 Å². The SMILES string of the molecule is Cc1ccc(CNC(=S)Nc2ccn(Cc3ccccc3Cl)n2)cc1. The normalized spacial score (nSPS) is 10.5. The number of hydrogen-bond donors (Lipinski definition) is 2. The van der Waals surface area contributed by atoms with E-state index in [1.807, 2.05) is 41.2 Å². The Balaban J connectivity index is 1.53. The van der Waals surface area contributed by atoms with Crippen LogP contribution in [0.3, 0.4) is 0 Å². The van der Waals surface area contributed by atoms with Gasteiger partial charge in [0, 0.05) is 23.8 Å². The van der Waals surface area contributed by atoms with Crippen LogP contribution in [-0.4, -0.2) is 14.9 Å². The third-order valence-corrected chi connectivity index (χ3v) is 4.36. The van der Waals surface area contributed by atoms with Gasteiger partial charge in [-0.15, -0.1) is 0 Å². The molecular weight excluding hydrogens is 352 g/mol. The summed E-state index contributed by atoms with van der Waals surface area (Å²) in [5, 5.41) is 12.0. The number of aromatic nitrogens is 2. The minimum Gasteiger partial charge on any atom is -0.358 e. The molecule has 0 radical (unpaired) electrons. The molecule has 3 aromatic rings. The predicted octanol–water partition coefficient (Wildman–Crippen LogP) is 4.38. The maximum atomic E-state index is 6.19. The van der Waals surface area contributed by atoms with Crippen molar-refractivity contribution in [1.29, 1.82) is 0 Å². The van der Waals surface area contributed by atoms with Crippen LogP contribution in [0.2, 0.25) is 5.02 Å². The lowest BCUT2D eigenvalue weighted by molar-refractivity contribution is 0.690. The molecule has 2 aromatic carbocycles. The molecule has 0 saturated heterocycles. The van der Waals surface area contributed by atoms with Gasteiger partial charge in [-0.25, -0.2) is 0 Å². The quantitative estimate of drug-likeness (QED) is 0.654. The molecule has 0 fully saturated rings. The van der Waals surface area contributed by atoms with Crippen molar-refractivity contribution >= 4 is 34.7 Å². The molecule has 0 aliphatic rings. The number of nitrogens with zero attached hydrogens (tertiary/aromatic N) is 2. The lowest BCUT2D eigenvalue weighted by Crippen LogP contribution is -2.28. The third-order valence-electron chi connectivity index (χ3n) is 3.75. The molecule has 0 unspecified atom stereocenters. The molecule has 1 aromatic heterocycles. The molecule has 0 aliphatic carbocycles. The number of benzene rings is 2. The monoisotopic (exact) mass is 370 g/mol. The minimum atomic E-state index is 0.545. The van der Waals surface area contributed by atoms with Crippen molar-refractivity contribution < 1.29 is 0 Å². The smallest absolute Gasteiger partial charge is 0.172 e. The highest BCUT2D eigenvalue weighted by molar-refractivity contribution is 7.80. The maximum Gasteiger partial charge on any atom is 0.172 e. The molecule has 0 bridgehead atoms. The molecule has 0 amide bonds. The van der Waals surface area contributed by atoms with E-state index in [4.69, 9.17) is 23.8 Å². The molecule has 0 aliphatic heterocycles. The Bertz CT molecular complexity index is 858. The number of aryl methyl sites for hydroxylation is 1. The van der Waals surface area contributed by atoms with E-state index in [1.165, 1.54) is 11.1 Å². The Kier molecular flexibility index (Phi) is 5.68. The van der Waals surface area contributed by atoms with Gasteiger partial charge in [-0.05, 0) is 36.3 Å². The first-order chi connectivity index (χ1) is 12.1. The Labute approximate surface area is 157 Å². The van der Waals surface area contributed by atoms with Gasteiger partial charge in [0.05, 0.1) is 6.54 Å². The van der Waals surface area contributed by atoms with Gasteiger partial charge in [-0.2, -0.15) is 5.10 Å². The average molecular weight is 371 g/mol. The summed E-state index contributed by atoms with van der Waals surface area (Å²) in [6.07, 6.45) is 1.90. The van der Waals surface area contributed by atoms with Crippen molar-refractivity contribution in [2.75, 3.05) is 5.32 Å². The number of anilines is 1. The lowest BCUT2D eigenvalue weighted by Gasteiger charge is -2.09. The lowest BCUT2D eigenvalue weighted by atomic mass is 10.1. The number of rotatable bonds is 5. The highest BCUT2D eigenvalue weighted by atomic mass is 35.5. The Hall–Kier alpha value is -2.37. The standard InChI is InChI=1S/C19H19ClN4S/c1-14-6-8-15(9-7-14)12-21-19(25)22-18-10-11-24(23-18)13-16-4-2-3-5-17(16)20/h2-11H,12-13H2,1H3,(H2,21,22,23,25). The second-order valence-electron chi connectivity index (χ2n) is 5.78. The van der Waals surface area contributed by atoms with Gasteiger partial charge in [0.15, 0.2) is 10.9 Å². The molecule has 0 atom stereocenters. The van der Waals surface area contributed by atoms with E-state index in [2.05, 4.69) is 46.9 Å². The van der Waals surface area contributed by atoms with E-state index >= 15 is 0 Å². The summed E-state index contributed by atoms with van der Waals surface area (Å²) in [5.74, 6) is 0.702.